The van der Waals surface area contributed by atoms with Gasteiger partial charge in [-0.2, -0.15) is 0 Å². The minimum absolute atomic E-state index is 0.131. The van der Waals surface area contributed by atoms with Crippen molar-refractivity contribution in [2.45, 2.75) is 119 Å². The molecule has 4 unspecified atom stereocenters. The van der Waals surface area contributed by atoms with Crippen molar-refractivity contribution in [2.24, 2.45) is 56.7 Å². The zero-order valence-corrected chi connectivity index (χ0v) is 34.3. The van der Waals surface area contributed by atoms with Gasteiger partial charge in [0.1, 0.15) is 5.78 Å². The van der Waals surface area contributed by atoms with Gasteiger partial charge in [-0.1, -0.05) is 58.9 Å². The van der Waals surface area contributed by atoms with Crippen LogP contribution in [-0.4, -0.2) is 42.2 Å². The maximum Gasteiger partial charge on any atom is 0.339 e. The third kappa shape index (κ3) is 6.28. The number of pyridine rings is 1. The number of hydrogen-bond donors (Lipinski definition) is 2. The van der Waals surface area contributed by atoms with E-state index in [-0.39, 0.29) is 51.4 Å². The second-order valence-corrected chi connectivity index (χ2v) is 19.4. The second kappa shape index (κ2) is 14.3. The molecule has 296 valence electrons. The SMILES string of the molecule is C=C(C)[C@@H]1CC[C@]2(C(=O)NCCc3cccc(C(=O)NCc4ccc(C(=O)OC)cn4)c3)CC[C@]3(C)C(CCC4[C@@]5(C)CCC(=O)C(C)(C)C5CC[C@]43C)C12. The van der Waals surface area contributed by atoms with Gasteiger partial charge < -0.3 is 15.4 Å². The molecule has 2 N–H and O–H groups in total. The summed E-state index contributed by atoms with van der Waals surface area (Å²) in [5.41, 5.74) is 3.59. The molecule has 1 aromatic heterocycles. The van der Waals surface area contributed by atoms with Crippen LogP contribution in [0.3, 0.4) is 0 Å². The van der Waals surface area contributed by atoms with Crippen LogP contribution < -0.4 is 10.6 Å². The first kappa shape index (κ1) is 39.4. The monoisotopic (exact) mass is 749 g/mol. The number of nitrogens with zero attached hydrogens (tertiary/aromatic N) is 1. The summed E-state index contributed by atoms with van der Waals surface area (Å²) in [6, 6.07) is 10.9. The zero-order valence-electron chi connectivity index (χ0n) is 34.3. The third-order valence-electron chi connectivity index (χ3n) is 16.8. The molecular weight excluding hydrogens is 687 g/mol. The van der Waals surface area contributed by atoms with Crippen LogP contribution in [-0.2, 0) is 27.3 Å². The van der Waals surface area contributed by atoms with Gasteiger partial charge in [-0.25, -0.2) is 4.79 Å². The normalized spacial score (nSPS) is 36.0. The Morgan fingerprint density at radius 1 is 0.873 bits per heavy atom. The number of rotatable bonds is 9. The fourth-order valence-electron chi connectivity index (χ4n) is 13.7. The Morgan fingerprint density at radius 2 is 1.65 bits per heavy atom. The number of allylic oxidation sites excluding steroid dienone is 1. The molecule has 8 heteroatoms. The van der Waals surface area contributed by atoms with E-state index in [0.29, 0.717) is 65.7 Å². The van der Waals surface area contributed by atoms with Gasteiger partial charge in [0.05, 0.1) is 30.3 Å². The predicted octanol–water partition coefficient (Wildman–Crippen LogP) is 8.68. The summed E-state index contributed by atoms with van der Waals surface area (Å²) >= 11 is 0. The lowest BCUT2D eigenvalue weighted by Gasteiger charge is -2.72. The minimum Gasteiger partial charge on any atom is -0.465 e. The molecule has 2 aromatic rings. The number of methoxy groups -OCH3 is 1. The standard InChI is InChI=1S/C47H63N3O5/c1-29(2)34-16-22-47(42(54)48-25-19-30-10-9-11-31(26-30)40(52)50-28-33-13-12-32(27-49-33)41(53)55-8)24-23-45(6)35(39(34)47)14-15-37-44(5)20-18-38(51)43(3,4)36(44)17-21-46(37,45)7/h9-13,26-27,34-37,39H,1,14-25,28H2,2-8H3,(H,48,54)(H,50,52)/t34-,35?,36?,37?,39?,44-,45+,46+,47-/m0/s1. The molecule has 5 fully saturated rings. The van der Waals surface area contributed by atoms with Crippen LogP contribution in [0.4, 0.5) is 0 Å². The lowest BCUT2D eigenvalue weighted by molar-refractivity contribution is -0.233. The first-order valence-corrected chi connectivity index (χ1v) is 20.9. The van der Waals surface area contributed by atoms with Crippen molar-refractivity contribution in [2.75, 3.05) is 13.7 Å². The summed E-state index contributed by atoms with van der Waals surface area (Å²) in [5, 5.41) is 6.34. The Kier molecular flexibility index (Phi) is 10.2. The molecule has 8 nitrogen and oxygen atoms in total. The first-order valence-electron chi connectivity index (χ1n) is 20.9. The molecule has 55 heavy (non-hydrogen) atoms. The van der Waals surface area contributed by atoms with Crippen molar-refractivity contribution < 1.29 is 23.9 Å². The average molecular weight is 750 g/mol. The maximum absolute atomic E-state index is 14.6. The number of Topliss-reactive ketones (excluding diaryl/α,β-unsaturated/α-hetero) is 1. The fraction of sp³-hybridized carbons (Fsp3) is 0.638. The molecule has 1 aromatic carbocycles. The van der Waals surface area contributed by atoms with Crippen molar-refractivity contribution >= 4 is 23.6 Å². The van der Waals surface area contributed by atoms with Crippen molar-refractivity contribution in [1.29, 1.82) is 0 Å². The van der Waals surface area contributed by atoms with Gasteiger partial charge in [-0.15, -0.1) is 0 Å². The number of fused-ring (bicyclic) bond motifs is 7. The van der Waals surface area contributed by atoms with E-state index in [1.807, 2.05) is 18.2 Å². The van der Waals surface area contributed by atoms with E-state index in [0.717, 1.165) is 50.5 Å². The Hall–Kier alpha value is -3.81. The summed E-state index contributed by atoms with van der Waals surface area (Å²) < 4.78 is 4.73. The number of nitrogens with one attached hydrogen (secondary N) is 2. The van der Waals surface area contributed by atoms with Crippen molar-refractivity contribution in [3.63, 3.8) is 0 Å². The molecular formula is C47H63N3O5. The molecule has 7 rings (SSSR count). The molecule has 0 saturated heterocycles. The Labute approximate surface area is 328 Å². The average Bonchev–Trinajstić information content (AvgIpc) is 3.57. The van der Waals surface area contributed by atoms with E-state index in [1.54, 1.807) is 18.2 Å². The molecule has 0 spiro atoms. The topological polar surface area (TPSA) is 114 Å². The van der Waals surface area contributed by atoms with Crippen LogP contribution in [0, 0.1) is 56.7 Å². The highest BCUT2D eigenvalue weighted by molar-refractivity contribution is 5.94. The van der Waals surface area contributed by atoms with Gasteiger partial charge in [-0.3, -0.25) is 19.4 Å². The molecule has 1 heterocycles. The summed E-state index contributed by atoms with van der Waals surface area (Å²) in [7, 11) is 1.33. The van der Waals surface area contributed by atoms with Gasteiger partial charge in [-0.05, 0) is 147 Å². The Bertz CT molecular complexity index is 1870. The van der Waals surface area contributed by atoms with Crippen LogP contribution in [0.1, 0.15) is 138 Å². The molecule has 0 radical (unpaired) electrons. The number of ether oxygens (including phenoxy) is 1. The van der Waals surface area contributed by atoms with E-state index in [1.165, 1.54) is 31.7 Å². The number of carbonyl (C=O) groups excluding carboxylic acids is 4. The van der Waals surface area contributed by atoms with E-state index in [9.17, 15) is 19.2 Å². The second-order valence-electron chi connectivity index (χ2n) is 19.4. The summed E-state index contributed by atoms with van der Waals surface area (Å²) in [6.45, 7) is 19.6. The maximum atomic E-state index is 14.6. The van der Waals surface area contributed by atoms with Crippen LogP contribution in [0.5, 0.6) is 0 Å². The van der Waals surface area contributed by atoms with E-state index in [2.05, 4.69) is 63.7 Å². The van der Waals surface area contributed by atoms with Crippen LogP contribution >= 0.6 is 0 Å². The number of esters is 1. The number of ketones is 1. The molecule has 0 aliphatic heterocycles. The first-order chi connectivity index (χ1) is 26.0. The van der Waals surface area contributed by atoms with E-state index in [4.69, 9.17) is 4.74 Å². The minimum atomic E-state index is -0.454. The molecule has 5 aliphatic carbocycles. The smallest absolute Gasteiger partial charge is 0.339 e. The van der Waals surface area contributed by atoms with Gasteiger partial charge in [0.15, 0.2) is 0 Å². The number of benzene rings is 1. The van der Waals surface area contributed by atoms with E-state index < -0.39 is 5.97 Å². The molecule has 5 saturated carbocycles. The Balaban J connectivity index is 1.03. The summed E-state index contributed by atoms with van der Waals surface area (Å²) in [5.74, 6) is 2.13. The summed E-state index contributed by atoms with van der Waals surface area (Å²) in [6.07, 6.45) is 12.4. The fourth-order valence-corrected chi connectivity index (χ4v) is 13.7. The largest absolute Gasteiger partial charge is 0.465 e. The lowest BCUT2D eigenvalue weighted by atomic mass is 9.32. The van der Waals surface area contributed by atoms with Crippen LogP contribution in [0.2, 0.25) is 0 Å². The highest BCUT2D eigenvalue weighted by Gasteiger charge is 2.71. The summed E-state index contributed by atoms with van der Waals surface area (Å²) in [4.78, 5) is 56.9. The number of hydrogen-bond acceptors (Lipinski definition) is 6. The van der Waals surface area contributed by atoms with Gasteiger partial charge >= 0.3 is 5.97 Å². The van der Waals surface area contributed by atoms with E-state index >= 15 is 0 Å². The van der Waals surface area contributed by atoms with Crippen molar-refractivity contribution in [1.82, 2.24) is 15.6 Å². The van der Waals surface area contributed by atoms with Crippen molar-refractivity contribution in [3.05, 3.63) is 77.1 Å². The number of aromatic nitrogens is 1. The van der Waals surface area contributed by atoms with Gasteiger partial charge in [0.2, 0.25) is 5.91 Å². The van der Waals surface area contributed by atoms with Gasteiger partial charge in [0, 0.05) is 30.1 Å². The molecule has 2 amide bonds. The van der Waals surface area contributed by atoms with Gasteiger partial charge in [0.25, 0.3) is 5.91 Å². The van der Waals surface area contributed by atoms with Crippen LogP contribution in [0.25, 0.3) is 0 Å². The highest BCUT2D eigenvalue weighted by atomic mass is 16.5. The molecule has 0 bridgehead atoms. The van der Waals surface area contributed by atoms with Crippen LogP contribution in [0.15, 0.2) is 54.7 Å². The third-order valence-corrected chi connectivity index (χ3v) is 16.8. The van der Waals surface area contributed by atoms with Crippen molar-refractivity contribution in [3.8, 4) is 0 Å². The molecule has 9 atom stereocenters. The zero-order chi connectivity index (χ0) is 39.6. The predicted molar refractivity (Wildman–Crippen MR) is 214 cm³/mol. The highest BCUT2D eigenvalue weighted by Crippen LogP contribution is 2.77. The lowest BCUT2D eigenvalue weighted by Crippen LogP contribution is -2.67. The quantitative estimate of drug-likeness (QED) is 0.196. The number of amides is 2. The molecule has 5 aliphatic rings. The number of carbonyl (C=O) groups is 4. The Morgan fingerprint density at radius 3 is 2.36 bits per heavy atom.